The minimum absolute atomic E-state index is 0.825. The lowest BCUT2D eigenvalue weighted by molar-refractivity contribution is 0.270. The van der Waals surface area contributed by atoms with Crippen molar-refractivity contribution >= 4 is 0 Å². The minimum atomic E-state index is 0.825. The van der Waals surface area contributed by atoms with E-state index in [0.717, 1.165) is 23.9 Å². The summed E-state index contributed by atoms with van der Waals surface area (Å²) in [7, 11) is 0. The van der Waals surface area contributed by atoms with Gasteiger partial charge in [-0.05, 0) is 57.0 Å². The van der Waals surface area contributed by atoms with Crippen molar-refractivity contribution in [2.45, 2.75) is 69.9 Å². The third-order valence-electron chi connectivity index (χ3n) is 5.37. The first-order valence-electron chi connectivity index (χ1n) is 7.90. The van der Waals surface area contributed by atoms with Gasteiger partial charge in [0.25, 0.3) is 0 Å². The first-order chi connectivity index (χ1) is 8.43. The van der Waals surface area contributed by atoms with E-state index in [0.29, 0.717) is 0 Å². The number of hydrogen-bond acceptors (Lipinski definition) is 2. The van der Waals surface area contributed by atoms with Gasteiger partial charge in [-0.2, -0.15) is 0 Å². The Morgan fingerprint density at radius 1 is 0.941 bits per heavy atom. The third-order valence-corrected chi connectivity index (χ3v) is 5.37. The fraction of sp³-hybridized carbons (Fsp3) is 1.00. The molecule has 0 aromatic heterocycles. The lowest BCUT2D eigenvalue weighted by Crippen LogP contribution is -2.42. The molecule has 0 amide bonds. The van der Waals surface area contributed by atoms with Crippen LogP contribution in [0.2, 0.25) is 0 Å². The van der Waals surface area contributed by atoms with Crippen molar-refractivity contribution in [3.63, 3.8) is 0 Å². The highest BCUT2D eigenvalue weighted by Gasteiger charge is 2.34. The molecule has 0 aromatic carbocycles. The first kappa shape index (κ1) is 12.0. The first-order valence-corrected chi connectivity index (χ1v) is 7.90. The molecular formula is C15H28N2. The lowest BCUT2D eigenvalue weighted by Gasteiger charge is -2.29. The van der Waals surface area contributed by atoms with Gasteiger partial charge in [-0.3, -0.25) is 0 Å². The molecule has 0 bridgehead atoms. The standard InChI is InChI=1S/C15H28N2/c1-4-12(5-1)9-11-17-14-7-2-6-13(14)15-8-3-10-16-15/h12-17H,1-11H2. The number of hydrogen-bond donors (Lipinski definition) is 2. The maximum Gasteiger partial charge on any atom is 0.0111 e. The average Bonchev–Trinajstić information content (AvgIpc) is 2.91. The van der Waals surface area contributed by atoms with Crippen LogP contribution in [0.25, 0.3) is 0 Å². The maximum atomic E-state index is 3.87. The van der Waals surface area contributed by atoms with Gasteiger partial charge in [0.2, 0.25) is 0 Å². The number of nitrogens with one attached hydrogen (secondary N) is 2. The monoisotopic (exact) mass is 236 g/mol. The molecule has 3 atom stereocenters. The highest BCUT2D eigenvalue weighted by atomic mass is 15.0. The molecule has 3 rings (SSSR count). The number of rotatable bonds is 5. The second-order valence-corrected chi connectivity index (χ2v) is 6.44. The van der Waals surface area contributed by atoms with E-state index in [1.165, 1.54) is 70.9 Å². The lowest BCUT2D eigenvalue weighted by atomic mass is 9.83. The summed E-state index contributed by atoms with van der Waals surface area (Å²) >= 11 is 0. The highest BCUT2D eigenvalue weighted by molar-refractivity contribution is 4.93. The van der Waals surface area contributed by atoms with Gasteiger partial charge in [0, 0.05) is 12.1 Å². The van der Waals surface area contributed by atoms with Crippen molar-refractivity contribution in [1.29, 1.82) is 0 Å². The second kappa shape index (κ2) is 5.71. The van der Waals surface area contributed by atoms with Crippen LogP contribution in [-0.4, -0.2) is 25.2 Å². The van der Waals surface area contributed by atoms with Gasteiger partial charge in [-0.1, -0.05) is 25.7 Å². The van der Waals surface area contributed by atoms with Gasteiger partial charge in [-0.15, -0.1) is 0 Å². The summed E-state index contributed by atoms with van der Waals surface area (Å²) in [5.41, 5.74) is 0. The van der Waals surface area contributed by atoms with E-state index < -0.39 is 0 Å². The van der Waals surface area contributed by atoms with E-state index >= 15 is 0 Å². The Morgan fingerprint density at radius 2 is 1.82 bits per heavy atom. The van der Waals surface area contributed by atoms with Crippen LogP contribution >= 0.6 is 0 Å². The van der Waals surface area contributed by atoms with Crippen molar-refractivity contribution in [2.24, 2.45) is 11.8 Å². The second-order valence-electron chi connectivity index (χ2n) is 6.44. The van der Waals surface area contributed by atoms with E-state index in [2.05, 4.69) is 10.6 Å². The van der Waals surface area contributed by atoms with Gasteiger partial charge in [0.1, 0.15) is 0 Å². The summed E-state index contributed by atoms with van der Waals surface area (Å²) in [6.45, 7) is 2.54. The molecular weight excluding hydrogens is 208 g/mol. The van der Waals surface area contributed by atoms with Crippen LogP contribution in [0.15, 0.2) is 0 Å². The zero-order valence-corrected chi connectivity index (χ0v) is 11.1. The molecule has 2 aliphatic carbocycles. The Bertz CT molecular complexity index is 231. The van der Waals surface area contributed by atoms with E-state index in [-0.39, 0.29) is 0 Å². The largest absolute Gasteiger partial charge is 0.314 e. The molecule has 98 valence electrons. The molecule has 0 radical (unpaired) electrons. The molecule has 2 saturated carbocycles. The van der Waals surface area contributed by atoms with Crippen LogP contribution < -0.4 is 10.6 Å². The molecule has 1 saturated heterocycles. The van der Waals surface area contributed by atoms with Gasteiger partial charge < -0.3 is 10.6 Å². The van der Waals surface area contributed by atoms with E-state index in [9.17, 15) is 0 Å². The molecule has 0 aromatic rings. The summed E-state index contributed by atoms with van der Waals surface area (Å²) < 4.78 is 0. The molecule has 1 aliphatic heterocycles. The maximum absolute atomic E-state index is 3.87. The van der Waals surface area contributed by atoms with Crippen molar-refractivity contribution in [3.05, 3.63) is 0 Å². The van der Waals surface area contributed by atoms with Crippen molar-refractivity contribution in [3.8, 4) is 0 Å². The zero-order chi connectivity index (χ0) is 11.5. The zero-order valence-electron chi connectivity index (χ0n) is 11.1. The quantitative estimate of drug-likeness (QED) is 0.767. The summed E-state index contributed by atoms with van der Waals surface area (Å²) in [5, 5.41) is 7.58. The van der Waals surface area contributed by atoms with Crippen molar-refractivity contribution in [2.75, 3.05) is 13.1 Å². The molecule has 2 N–H and O–H groups in total. The SMILES string of the molecule is C1CC(CCNC2CCCC2C2CCCN2)C1. The molecule has 0 spiro atoms. The summed E-state index contributed by atoms with van der Waals surface area (Å²) in [5.74, 6) is 1.99. The Morgan fingerprint density at radius 3 is 2.53 bits per heavy atom. The third kappa shape index (κ3) is 2.85. The predicted octanol–water partition coefficient (Wildman–Crippen LogP) is 2.69. The Balaban J connectivity index is 1.41. The predicted molar refractivity (Wildman–Crippen MR) is 72.1 cm³/mol. The Kier molecular flexibility index (Phi) is 4.02. The van der Waals surface area contributed by atoms with E-state index in [4.69, 9.17) is 0 Å². The van der Waals surface area contributed by atoms with Gasteiger partial charge in [-0.25, -0.2) is 0 Å². The topological polar surface area (TPSA) is 24.1 Å². The van der Waals surface area contributed by atoms with Crippen LogP contribution in [0.5, 0.6) is 0 Å². The fourth-order valence-corrected chi connectivity index (χ4v) is 4.06. The van der Waals surface area contributed by atoms with Crippen LogP contribution in [0.1, 0.15) is 57.8 Å². The fourth-order valence-electron chi connectivity index (χ4n) is 4.06. The Hall–Kier alpha value is -0.0800. The molecule has 1 heterocycles. The van der Waals surface area contributed by atoms with Gasteiger partial charge in [0.15, 0.2) is 0 Å². The molecule has 17 heavy (non-hydrogen) atoms. The molecule has 3 aliphatic rings. The summed E-state index contributed by atoms with van der Waals surface area (Å²) in [4.78, 5) is 0. The van der Waals surface area contributed by atoms with Gasteiger partial charge in [0.05, 0.1) is 0 Å². The van der Waals surface area contributed by atoms with Crippen LogP contribution in [0.3, 0.4) is 0 Å². The molecule has 2 nitrogen and oxygen atoms in total. The average molecular weight is 236 g/mol. The summed E-state index contributed by atoms with van der Waals surface area (Å²) in [6, 6.07) is 1.66. The Labute approximate surface area is 106 Å². The van der Waals surface area contributed by atoms with Gasteiger partial charge >= 0.3 is 0 Å². The van der Waals surface area contributed by atoms with E-state index in [1.54, 1.807) is 0 Å². The highest BCUT2D eigenvalue weighted by Crippen LogP contribution is 2.33. The van der Waals surface area contributed by atoms with E-state index in [1.807, 2.05) is 0 Å². The molecule has 3 unspecified atom stereocenters. The summed E-state index contributed by atoms with van der Waals surface area (Å²) in [6.07, 6.45) is 13.1. The smallest absolute Gasteiger partial charge is 0.0111 e. The molecule has 3 fully saturated rings. The minimum Gasteiger partial charge on any atom is -0.314 e. The van der Waals surface area contributed by atoms with Crippen molar-refractivity contribution < 1.29 is 0 Å². The normalized spacial score (nSPS) is 38.5. The van der Waals surface area contributed by atoms with Crippen LogP contribution in [0, 0.1) is 11.8 Å². The van der Waals surface area contributed by atoms with Crippen LogP contribution in [-0.2, 0) is 0 Å². The van der Waals surface area contributed by atoms with Crippen molar-refractivity contribution in [1.82, 2.24) is 10.6 Å². The molecule has 2 heteroatoms. The van der Waals surface area contributed by atoms with Crippen LogP contribution in [0.4, 0.5) is 0 Å².